The molecule has 0 aliphatic carbocycles. The first-order valence-corrected chi connectivity index (χ1v) is 10.4. The highest BCUT2D eigenvalue weighted by molar-refractivity contribution is 6.02. The minimum absolute atomic E-state index is 0.136. The summed E-state index contributed by atoms with van der Waals surface area (Å²) >= 11 is 0. The van der Waals surface area contributed by atoms with Gasteiger partial charge in [0.2, 0.25) is 5.91 Å². The number of anilines is 1. The first-order chi connectivity index (χ1) is 17.4. The molecule has 4 aromatic rings. The van der Waals surface area contributed by atoms with Gasteiger partial charge in [0.25, 0.3) is 11.5 Å². The molecular weight excluding hydrogens is 497 g/mol. The lowest BCUT2D eigenvalue weighted by Crippen LogP contribution is -2.41. The molecule has 0 radical (unpaired) electrons. The van der Waals surface area contributed by atoms with Crippen LogP contribution in [0.3, 0.4) is 0 Å². The van der Waals surface area contributed by atoms with Crippen LogP contribution in [-0.4, -0.2) is 42.1 Å². The molecule has 3 aromatic carbocycles. The number of nitrogens with one attached hydrogen (secondary N) is 1. The lowest BCUT2D eigenvalue weighted by molar-refractivity contribution is -0.384. The van der Waals surface area contributed by atoms with E-state index in [1.807, 2.05) is 0 Å². The van der Waals surface area contributed by atoms with Gasteiger partial charge in [-0.15, -0.1) is 0 Å². The van der Waals surface area contributed by atoms with Crippen LogP contribution in [-0.2, 0) is 10.6 Å². The maximum atomic E-state index is 12.7. The molecule has 0 spiro atoms. The molecule has 0 bridgehead atoms. The summed E-state index contributed by atoms with van der Waals surface area (Å²) in [4.78, 5) is 26.9. The number of hydrogen-bond donors (Lipinski definition) is 4. The van der Waals surface area contributed by atoms with Crippen LogP contribution in [0.15, 0.2) is 72.8 Å². The second-order valence-corrected chi connectivity index (χ2v) is 7.87. The van der Waals surface area contributed by atoms with Crippen molar-refractivity contribution in [1.29, 1.82) is 0 Å². The minimum Gasteiger partial charge on any atom is -0.426 e. The Morgan fingerprint density at radius 3 is 2.27 bits per heavy atom. The zero-order valence-electron chi connectivity index (χ0n) is 18.5. The van der Waals surface area contributed by atoms with Crippen molar-refractivity contribution in [2.75, 3.05) is 5.32 Å². The summed E-state index contributed by atoms with van der Waals surface area (Å²) in [5.74, 6) is -4.40. The number of alkyl halides is 3. The topological polar surface area (TPSA) is 151 Å². The van der Waals surface area contributed by atoms with E-state index in [0.717, 1.165) is 22.9 Å². The van der Waals surface area contributed by atoms with Crippen LogP contribution in [0.2, 0.25) is 0 Å². The molecule has 0 aliphatic rings. The number of aromatic nitrogens is 2. The van der Waals surface area contributed by atoms with Crippen LogP contribution in [0.5, 0.6) is 0 Å². The number of benzene rings is 3. The van der Waals surface area contributed by atoms with Crippen molar-refractivity contribution in [1.82, 2.24) is 9.71 Å². The van der Waals surface area contributed by atoms with Gasteiger partial charge in [0, 0.05) is 35.0 Å². The standard InChI is InChI=1S/C24H17F3N4O6/c25-24(26,27)23(33,34)16-6-1-14(2-7-16)3-12-21(32)28-17-8-4-15(5-9-17)22-29-19-11-10-18(31(36)37)13-20(19)30(22)35/h1-13,33-35H,(H,28,32)/b12-3+. The molecule has 4 N–H and O–H groups in total. The molecule has 13 heteroatoms. The van der Waals surface area contributed by atoms with Crippen LogP contribution >= 0.6 is 0 Å². The number of rotatable bonds is 6. The molecule has 190 valence electrons. The summed E-state index contributed by atoms with van der Waals surface area (Å²) in [6.45, 7) is 0. The van der Waals surface area contributed by atoms with Gasteiger partial charge in [0.1, 0.15) is 5.52 Å². The molecule has 0 unspecified atom stereocenters. The van der Waals surface area contributed by atoms with E-state index in [-0.39, 0.29) is 17.0 Å². The van der Waals surface area contributed by atoms with Gasteiger partial charge in [-0.3, -0.25) is 14.9 Å². The molecule has 0 saturated heterocycles. The van der Waals surface area contributed by atoms with E-state index in [1.165, 1.54) is 48.5 Å². The number of nitrogens with zero attached hydrogens (tertiary/aromatic N) is 3. The highest BCUT2D eigenvalue weighted by Gasteiger charge is 2.54. The van der Waals surface area contributed by atoms with Crippen LogP contribution in [0.4, 0.5) is 24.5 Å². The van der Waals surface area contributed by atoms with E-state index in [1.54, 1.807) is 12.1 Å². The number of carbonyl (C=O) groups is 1. The average Bonchev–Trinajstić information content (AvgIpc) is 3.18. The van der Waals surface area contributed by atoms with Crippen LogP contribution in [0.1, 0.15) is 11.1 Å². The lowest BCUT2D eigenvalue weighted by atomic mass is 10.0. The van der Waals surface area contributed by atoms with E-state index < -0.39 is 28.4 Å². The molecule has 1 aromatic heterocycles. The van der Waals surface area contributed by atoms with Gasteiger partial charge < -0.3 is 20.7 Å². The van der Waals surface area contributed by atoms with Gasteiger partial charge in [-0.1, -0.05) is 24.3 Å². The number of hydrogen-bond acceptors (Lipinski definition) is 7. The predicted molar refractivity (Wildman–Crippen MR) is 125 cm³/mol. The minimum atomic E-state index is -5.27. The van der Waals surface area contributed by atoms with Gasteiger partial charge in [-0.2, -0.15) is 17.9 Å². The van der Waals surface area contributed by atoms with Gasteiger partial charge in [-0.25, -0.2) is 4.98 Å². The van der Waals surface area contributed by atoms with Crippen molar-refractivity contribution in [3.05, 3.63) is 94.0 Å². The Morgan fingerprint density at radius 1 is 1.03 bits per heavy atom. The van der Waals surface area contributed by atoms with Crippen molar-refractivity contribution in [3.63, 3.8) is 0 Å². The smallest absolute Gasteiger partial charge is 0.426 e. The van der Waals surface area contributed by atoms with E-state index in [9.17, 15) is 43.5 Å². The van der Waals surface area contributed by atoms with Gasteiger partial charge in [0.15, 0.2) is 5.82 Å². The lowest BCUT2D eigenvalue weighted by Gasteiger charge is -2.24. The maximum Gasteiger partial charge on any atom is 0.447 e. The Balaban J connectivity index is 1.44. The molecule has 4 rings (SSSR count). The highest BCUT2D eigenvalue weighted by Crippen LogP contribution is 2.36. The highest BCUT2D eigenvalue weighted by atomic mass is 19.4. The Kier molecular flexibility index (Phi) is 6.42. The largest absolute Gasteiger partial charge is 0.447 e. The fourth-order valence-electron chi connectivity index (χ4n) is 3.40. The number of fused-ring (bicyclic) bond motifs is 1. The SMILES string of the molecule is O=C(/C=C/c1ccc(C(O)(O)C(F)(F)F)cc1)Nc1ccc(-c2nc3ccc([N+](=O)[O-])cc3n2O)cc1. The molecule has 37 heavy (non-hydrogen) atoms. The monoisotopic (exact) mass is 514 g/mol. The third-order valence-electron chi connectivity index (χ3n) is 5.37. The third kappa shape index (κ3) is 5.12. The summed E-state index contributed by atoms with van der Waals surface area (Å²) in [5.41, 5.74) is 0.735. The van der Waals surface area contributed by atoms with Gasteiger partial charge in [-0.05, 0) is 42.0 Å². The van der Waals surface area contributed by atoms with Crippen LogP contribution < -0.4 is 5.32 Å². The van der Waals surface area contributed by atoms with Crippen molar-refractivity contribution >= 4 is 34.4 Å². The number of aliphatic hydroxyl groups is 2. The average molecular weight is 514 g/mol. The van der Waals surface area contributed by atoms with Crippen molar-refractivity contribution < 1.29 is 38.3 Å². The number of amides is 1. The van der Waals surface area contributed by atoms with Crippen molar-refractivity contribution in [2.24, 2.45) is 0 Å². The first-order valence-electron chi connectivity index (χ1n) is 10.4. The second kappa shape index (κ2) is 9.37. The fourth-order valence-corrected chi connectivity index (χ4v) is 3.40. The molecule has 0 aliphatic heterocycles. The van der Waals surface area contributed by atoms with Crippen molar-refractivity contribution in [2.45, 2.75) is 12.0 Å². The normalized spacial score (nSPS) is 12.2. The Labute approximate surface area is 205 Å². The predicted octanol–water partition coefficient (Wildman–Crippen LogP) is 4.20. The number of carbonyl (C=O) groups excluding carboxylic acids is 1. The zero-order chi connectivity index (χ0) is 27.0. The molecule has 0 atom stereocenters. The number of non-ortho nitro benzene ring substituents is 1. The Bertz CT molecular complexity index is 1510. The molecule has 1 heterocycles. The summed E-state index contributed by atoms with van der Waals surface area (Å²) in [6, 6.07) is 14.2. The second-order valence-electron chi connectivity index (χ2n) is 7.87. The summed E-state index contributed by atoms with van der Waals surface area (Å²) in [6.07, 6.45) is -2.81. The molecule has 0 fully saturated rings. The molecule has 10 nitrogen and oxygen atoms in total. The Morgan fingerprint density at radius 2 is 1.68 bits per heavy atom. The number of imidazole rings is 1. The van der Waals surface area contributed by atoms with Gasteiger partial charge >= 0.3 is 6.18 Å². The Hall–Kier alpha value is -4.75. The van der Waals surface area contributed by atoms with Crippen molar-refractivity contribution in [3.8, 4) is 11.4 Å². The first kappa shape index (κ1) is 25.3. The molecule has 1 amide bonds. The van der Waals surface area contributed by atoms with Crippen LogP contribution in [0, 0.1) is 10.1 Å². The summed E-state index contributed by atoms with van der Waals surface area (Å²) in [7, 11) is 0. The number of halogens is 3. The van der Waals surface area contributed by atoms with Crippen LogP contribution in [0.25, 0.3) is 28.5 Å². The van der Waals surface area contributed by atoms with E-state index in [0.29, 0.717) is 22.3 Å². The zero-order valence-corrected chi connectivity index (χ0v) is 18.5. The summed E-state index contributed by atoms with van der Waals surface area (Å²) in [5, 5.41) is 42.5. The maximum absolute atomic E-state index is 12.7. The van der Waals surface area contributed by atoms with E-state index in [2.05, 4.69) is 10.3 Å². The summed E-state index contributed by atoms with van der Waals surface area (Å²) < 4.78 is 38.8. The van der Waals surface area contributed by atoms with E-state index >= 15 is 0 Å². The third-order valence-corrected chi connectivity index (χ3v) is 5.37. The number of nitro benzene ring substituents is 1. The van der Waals surface area contributed by atoms with E-state index in [4.69, 9.17) is 0 Å². The van der Waals surface area contributed by atoms with Gasteiger partial charge in [0.05, 0.1) is 10.4 Å². The molecular formula is C24H17F3N4O6. The quantitative estimate of drug-likeness (QED) is 0.0990. The number of nitro groups is 1. The molecule has 0 saturated carbocycles. The fraction of sp³-hybridized carbons (Fsp3) is 0.0833.